The number of furan rings is 1. The number of aryl methyl sites for hydroxylation is 1. The molecule has 27 heavy (non-hydrogen) atoms. The topological polar surface area (TPSA) is 54.7 Å². The van der Waals surface area contributed by atoms with E-state index in [1.807, 2.05) is 29.2 Å². The van der Waals surface area contributed by atoms with Gasteiger partial charge in [0, 0.05) is 12.2 Å². The van der Waals surface area contributed by atoms with Crippen molar-refractivity contribution >= 4 is 29.0 Å². The van der Waals surface area contributed by atoms with Crippen LogP contribution in [0.5, 0.6) is 0 Å². The van der Waals surface area contributed by atoms with Crippen molar-refractivity contribution < 1.29 is 13.9 Å². The molecule has 0 saturated heterocycles. The molecule has 146 valence electrons. The number of nitrogens with zero attached hydrogens (tertiary/aromatic N) is 1. The Morgan fingerprint density at radius 1 is 1.22 bits per heavy atom. The summed E-state index contributed by atoms with van der Waals surface area (Å²) in [5.74, 6) is 0.558. The molecule has 1 aromatic carbocycles. The van der Waals surface area contributed by atoms with Crippen LogP contribution in [-0.4, -0.2) is 29.1 Å². The molecule has 0 aliphatic carbocycles. The molecule has 1 aromatic heterocycles. The minimum Gasteiger partial charge on any atom is -0.467 e. The highest BCUT2D eigenvalue weighted by Crippen LogP contribution is 2.14. The van der Waals surface area contributed by atoms with Gasteiger partial charge in [-0.05, 0) is 61.8 Å². The van der Waals surface area contributed by atoms with E-state index < -0.39 is 0 Å². The van der Waals surface area contributed by atoms with Crippen molar-refractivity contribution in [2.75, 3.05) is 18.5 Å². The van der Waals surface area contributed by atoms with Crippen molar-refractivity contribution in [1.82, 2.24) is 4.90 Å². The summed E-state index contributed by atoms with van der Waals surface area (Å²) in [6, 6.07) is 12.0. The summed E-state index contributed by atoms with van der Waals surface area (Å²) in [5, 5.41) is 3.81. The van der Waals surface area contributed by atoms with Crippen LogP contribution in [0.25, 0.3) is 0 Å². The molecule has 2 aromatic rings. The zero-order valence-electron chi connectivity index (χ0n) is 16.1. The zero-order valence-corrected chi connectivity index (χ0v) is 16.9. The van der Waals surface area contributed by atoms with E-state index in [-0.39, 0.29) is 12.4 Å². The Morgan fingerprint density at radius 3 is 2.63 bits per heavy atom. The Labute approximate surface area is 166 Å². The third-order valence-corrected chi connectivity index (χ3v) is 4.49. The number of rotatable bonds is 10. The van der Waals surface area contributed by atoms with Crippen LogP contribution in [0.1, 0.15) is 44.4 Å². The van der Waals surface area contributed by atoms with Crippen LogP contribution in [-0.2, 0) is 22.5 Å². The third-order valence-electron chi connectivity index (χ3n) is 4.13. The highest BCUT2D eigenvalue weighted by atomic mass is 32.1. The van der Waals surface area contributed by atoms with Gasteiger partial charge in [0.05, 0.1) is 25.8 Å². The molecule has 0 radical (unpaired) electrons. The third kappa shape index (κ3) is 7.43. The summed E-state index contributed by atoms with van der Waals surface area (Å²) in [7, 11) is 0. The fraction of sp³-hybridized carbons (Fsp3) is 0.429. The molecule has 0 spiro atoms. The van der Waals surface area contributed by atoms with Crippen molar-refractivity contribution in [2.45, 2.75) is 46.1 Å². The average Bonchev–Trinajstić information content (AvgIpc) is 3.18. The van der Waals surface area contributed by atoms with Gasteiger partial charge in [0.25, 0.3) is 0 Å². The zero-order chi connectivity index (χ0) is 19.5. The van der Waals surface area contributed by atoms with Crippen molar-refractivity contribution in [3.8, 4) is 0 Å². The lowest BCUT2D eigenvalue weighted by atomic mass is 10.1. The standard InChI is InChI=1S/C21H28N2O3S/c1-3-5-7-17-9-11-18(12-10-17)22-21(27)23(14-13-20(24)25-4-2)16-19-8-6-15-26-19/h6,8-12,15H,3-5,7,13-14,16H2,1-2H3,(H,22,27). The summed E-state index contributed by atoms with van der Waals surface area (Å²) >= 11 is 5.57. The van der Waals surface area contributed by atoms with E-state index in [1.54, 1.807) is 13.2 Å². The Balaban J connectivity index is 1.97. The number of anilines is 1. The van der Waals surface area contributed by atoms with Crippen molar-refractivity contribution in [2.24, 2.45) is 0 Å². The van der Waals surface area contributed by atoms with Gasteiger partial charge in [0.1, 0.15) is 5.76 Å². The molecule has 2 rings (SSSR count). The molecule has 0 atom stereocenters. The van der Waals surface area contributed by atoms with Gasteiger partial charge in [-0.25, -0.2) is 0 Å². The smallest absolute Gasteiger partial charge is 0.307 e. The lowest BCUT2D eigenvalue weighted by Crippen LogP contribution is -2.36. The summed E-state index contributed by atoms with van der Waals surface area (Å²) in [6.07, 6.45) is 5.37. The number of hydrogen-bond donors (Lipinski definition) is 1. The van der Waals surface area contributed by atoms with Gasteiger partial charge in [0.2, 0.25) is 0 Å². The number of carbonyl (C=O) groups excluding carboxylic acids is 1. The molecule has 1 heterocycles. The van der Waals surface area contributed by atoms with Crippen molar-refractivity contribution in [3.05, 3.63) is 54.0 Å². The van der Waals surface area contributed by atoms with Gasteiger partial charge in [-0.3, -0.25) is 4.79 Å². The predicted molar refractivity (Wildman–Crippen MR) is 112 cm³/mol. The Bertz CT molecular complexity index is 699. The number of carbonyl (C=O) groups is 1. The lowest BCUT2D eigenvalue weighted by Gasteiger charge is -2.24. The number of esters is 1. The van der Waals surface area contributed by atoms with E-state index in [0.29, 0.717) is 24.8 Å². The molecule has 0 unspecified atom stereocenters. The Kier molecular flexibility index (Phi) is 8.84. The molecule has 0 aliphatic heterocycles. The quantitative estimate of drug-likeness (QED) is 0.467. The van der Waals surface area contributed by atoms with Crippen molar-refractivity contribution in [3.63, 3.8) is 0 Å². The minimum atomic E-state index is -0.231. The molecular weight excluding hydrogens is 360 g/mol. The first-order valence-corrected chi connectivity index (χ1v) is 9.86. The van der Waals surface area contributed by atoms with Crippen LogP contribution in [0.4, 0.5) is 5.69 Å². The maximum absolute atomic E-state index is 11.7. The van der Waals surface area contributed by atoms with E-state index in [2.05, 4.69) is 24.4 Å². The Hall–Kier alpha value is -2.34. The minimum absolute atomic E-state index is 0.231. The fourth-order valence-corrected chi connectivity index (χ4v) is 2.91. The van der Waals surface area contributed by atoms with E-state index in [1.165, 1.54) is 18.4 Å². The fourth-order valence-electron chi connectivity index (χ4n) is 2.64. The maximum atomic E-state index is 11.7. The summed E-state index contributed by atoms with van der Waals surface area (Å²) < 4.78 is 10.4. The number of thiocarbonyl (C=S) groups is 1. The first-order chi connectivity index (χ1) is 13.1. The second-order valence-electron chi connectivity index (χ2n) is 6.29. The number of benzene rings is 1. The summed E-state index contributed by atoms with van der Waals surface area (Å²) in [5.41, 5.74) is 2.25. The molecule has 0 saturated carbocycles. The highest BCUT2D eigenvalue weighted by molar-refractivity contribution is 7.80. The SMILES string of the molecule is CCCCc1ccc(NC(=S)N(CCC(=O)OCC)Cc2ccco2)cc1. The molecule has 6 heteroatoms. The molecule has 5 nitrogen and oxygen atoms in total. The first-order valence-electron chi connectivity index (χ1n) is 9.45. The second kappa shape index (κ2) is 11.4. The van der Waals surface area contributed by atoms with Crippen LogP contribution in [0.3, 0.4) is 0 Å². The van der Waals surface area contributed by atoms with Gasteiger partial charge in [0.15, 0.2) is 5.11 Å². The van der Waals surface area contributed by atoms with Gasteiger partial charge >= 0.3 is 5.97 Å². The summed E-state index contributed by atoms with van der Waals surface area (Å²) in [4.78, 5) is 13.6. The highest BCUT2D eigenvalue weighted by Gasteiger charge is 2.14. The van der Waals surface area contributed by atoms with E-state index in [9.17, 15) is 4.79 Å². The second-order valence-corrected chi connectivity index (χ2v) is 6.67. The number of nitrogens with one attached hydrogen (secondary N) is 1. The molecule has 0 bridgehead atoms. The average molecular weight is 389 g/mol. The lowest BCUT2D eigenvalue weighted by molar-refractivity contribution is -0.143. The van der Waals surface area contributed by atoms with Gasteiger partial charge in [-0.1, -0.05) is 25.5 Å². The first kappa shape index (κ1) is 21.0. The van der Waals surface area contributed by atoms with Crippen LogP contribution < -0.4 is 5.32 Å². The van der Waals surface area contributed by atoms with E-state index >= 15 is 0 Å². The molecular formula is C21H28N2O3S. The molecule has 0 amide bonds. The largest absolute Gasteiger partial charge is 0.467 e. The van der Waals surface area contributed by atoms with Crippen LogP contribution in [0, 0.1) is 0 Å². The van der Waals surface area contributed by atoms with Crippen LogP contribution in [0.15, 0.2) is 47.1 Å². The predicted octanol–water partition coefficient (Wildman–Crippen LogP) is 4.77. The number of ether oxygens (including phenoxy) is 1. The number of hydrogen-bond acceptors (Lipinski definition) is 4. The molecule has 1 N–H and O–H groups in total. The van der Waals surface area contributed by atoms with Gasteiger partial charge in [-0.15, -0.1) is 0 Å². The van der Waals surface area contributed by atoms with Crippen molar-refractivity contribution in [1.29, 1.82) is 0 Å². The van der Waals surface area contributed by atoms with E-state index in [0.717, 1.165) is 17.9 Å². The van der Waals surface area contributed by atoms with Gasteiger partial charge in [-0.2, -0.15) is 0 Å². The van der Waals surface area contributed by atoms with Crippen LogP contribution >= 0.6 is 12.2 Å². The monoisotopic (exact) mass is 388 g/mol. The van der Waals surface area contributed by atoms with Gasteiger partial charge < -0.3 is 19.4 Å². The Morgan fingerprint density at radius 2 is 2.00 bits per heavy atom. The number of unbranched alkanes of at least 4 members (excludes halogenated alkanes) is 1. The molecule has 0 fully saturated rings. The summed E-state index contributed by atoms with van der Waals surface area (Å²) in [6.45, 7) is 5.32. The normalized spacial score (nSPS) is 10.4. The van der Waals surface area contributed by atoms with E-state index in [4.69, 9.17) is 21.4 Å². The molecule has 0 aliphatic rings. The maximum Gasteiger partial charge on any atom is 0.307 e. The van der Waals surface area contributed by atoms with Crippen LogP contribution in [0.2, 0.25) is 0 Å².